The van der Waals surface area contributed by atoms with Crippen LogP contribution >= 0.6 is 0 Å². The quantitative estimate of drug-likeness (QED) is 0.807. The Labute approximate surface area is 137 Å². The molecule has 2 fully saturated rings. The molecular weight excluding hydrogens is 296 g/mol. The SMILES string of the molecule is CC(NC(=O)CC1CCCCC1)C(=O)N1CCC(C(=O)O)C1C. The van der Waals surface area contributed by atoms with Crippen LogP contribution in [0.4, 0.5) is 0 Å². The molecule has 1 saturated heterocycles. The molecule has 1 heterocycles. The summed E-state index contributed by atoms with van der Waals surface area (Å²) in [6.07, 6.45) is 6.79. The van der Waals surface area contributed by atoms with E-state index in [1.165, 1.54) is 19.3 Å². The van der Waals surface area contributed by atoms with Crippen molar-refractivity contribution in [2.75, 3.05) is 6.54 Å². The highest BCUT2D eigenvalue weighted by molar-refractivity contribution is 5.88. The van der Waals surface area contributed by atoms with Crippen LogP contribution in [-0.2, 0) is 14.4 Å². The lowest BCUT2D eigenvalue weighted by Crippen LogP contribution is -2.49. The molecule has 0 aromatic heterocycles. The molecule has 23 heavy (non-hydrogen) atoms. The molecule has 130 valence electrons. The third-order valence-electron chi connectivity index (χ3n) is 5.30. The van der Waals surface area contributed by atoms with Gasteiger partial charge in [0.25, 0.3) is 0 Å². The number of hydrogen-bond acceptors (Lipinski definition) is 3. The maximum atomic E-state index is 12.5. The minimum atomic E-state index is -0.859. The fourth-order valence-corrected chi connectivity index (χ4v) is 3.85. The van der Waals surface area contributed by atoms with Crippen LogP contribution in [-0.4, -0.2) is 46.4 Å². The molecule has 0 aromatic rings. The molecule has 0 spiro atoms. The zero-order valence-electron chi connectivity index (χ0n) is 14.1. The van der Waals surface area contributed by atoms with Gasteiger partial charge < -0.3 is 15.3 Å². The third-order valence-corrected chi connectivity index (χ3v) is 5.30. The number of rotatable bonds is 5. The van der Waals surface area contributed by atoms with E-state index in [9.17, 15) is 14.4 Å². The van der Waals surface area contributed by atoms with Crippen LogP contribution in [0.15, 0.2) is 0 Å². The van der Waals surface area contributed by atoms with Crippen LogP contribution in [0.3, 0.4) is 0 Å². The van der Waals surface area contributed by atoms with Gasteiger partial charge in [0, 0.05) is 19.0 Å². The molecule has 0 bridgehead atoms. The van der Waals surface area contributed by atoms with Crippen LogP contribution in [0.5, 0.6) is 0 Å². The van der Waals surface area contributed by atoms with Crippen molar-refractivity contribution in [3.05, 3.63) is 0 Å². The van der Waals surface area contributed by atoms with Crippen molar-refractivity contribution in [3.8, 4) is 0 Å². The fourth-order valence-electron chi connectivity index (χ4n) is 3.85. The summed E-state index contributed by atoms with van der Waals surface area (Å²) in [5, 5.41) is 11.9. The second-order valence-corrected chi connectivity index (χ2v) is 7.00. The van der Waals surface area contributed by atoms with Gasteiger partial charge in [0.1, 0.15) is 6.04 Å². The Morgan fingerprint density at radius 2 is 1.83 bits per heavy atom. The largest absolute Gasteiger partial charge is 0.481 e. The average molecular weight is 324 g/mol. The van der Waals surface area contributed by atoms with Crippen molar-refractivity contribution < 1.29 is 19.5 Å². The molecule has 3 unspecified atom stereocenters. The molecule has 0 radical (unpaired) electrons. The maximum Gasteiger partial charge on any atom is 0.308 e. The van der Waals surface area contributed by atoms with E-state index >= 15 is 0 Å². The second-order valence-electron chi connectivity index (χ2n) is 7.00. The van der Waals surface area contributed by atoms with Crippen LogP contribution in [0, 0.1) is 11.8 Å². The average Bonchev–Trinajstić information content (AvgIpc) is 2.89. The number of carbonyl (C=O) groups is 3. The molecule has 2 aliphatic rings. The number of nitrogens with zero attached hydrogens (tertiary/aromatic N) is 1. The summed E-state index contributed by atoms with van der Waals surface area (Å²) >= 11 is 0. The number of nitrogens with one attached hydrogen (secondary N) is 1. The van der Waals surface area contributed by atoms with E-state index in [1.54, 1.807) is 18.7 Å². The van der Waals surface area contributed by atoms with E-state index in [0.29, 0.717) is 25.3 Å². The lowest BCUT2D eigenvalue weighted by Gasteiger charge is -2.27. The van der Waals surface area contributed by atoms with Crippen molar-refractivity contribution in [2.45, 2.75) is 70.9 Å². The fraction of sp³-hybridized carbons (Fsp3) is 0.824. The summed E-state index contributed by atoms with van der Waals surface area (Å²) in [5.74, 6) is -1.18. The summed E-state index contributed by atoms with van der Waals surface area (Å²) in [7, 11) is 0. The highest BCUT2D eigenvalue weighted by Gasteiger charge is 2.39. The first kappa shape index (κ1) is 17.8. The van der Waals surface area contributed by atoms with E-state index < -0.39 is 17.9 Å². The van der Waals surface area contributed by atoms with E-state index in [-0.39, 0.29) is 17.9 Å². The number of amides is 2. The standard InChI is InChI=1S/C17H28N2O4/c1-11(18-15(20)10-13-6-4-3-5-7-13)16(21)19-9-8-14(12(19)2)17(22)23/h11-14H,3-10H2,1-2H3,(H,18,20)(H,22,23). The zero-order valence-corrected chi connectivity index (χ0v) is 14.1. The number of carboxylic acid groups (broad SMARTS) is 1. The maximum absolute atomic E-state index is 12.5. The molecule has 3 atom stereocenters. The van der Waals surface area contributed by atoms with Crippen LogP contribution in [0.1, 0.15) is 58.8 Å². The lowest BCUT2D eigenvalue weighted by molar-refractivity contribution is -0.143. The lowest BCUT2D eigenvalue weighted by atomic mass is 9.87. The molecule has 2 amide bonds. The van der Waals surface area contributed by atoms with Gasteiger partial charge in [-0.1, -0.05) is 19.3 Å². The topological polar surface area (TPSA) is 86.7 Å². The normalized spacial score (nSPS) is 26.8. The summed E-state index contributed by atoms with van der Waals surface area (Å²) in [4.78, 5) is 37.3. The molecule has 1 aliphatic heterocycles. The monoisotopic (exact) mass is 324 g/mol. The summed E-state index contributed by atoms with van der Waals surface area (Å²) < 4.78 is 0. The van der Waals surface area contributed by atoms with Gasteiger partial charge in [-0.05, 0) is 39.0 Å². The second kappa shape index (κ2) is 7.79. The molecule has 1 aliphatic carbocycles. The van der Waals surface area contributed by atoms with E-state index in [1.807, 2.05) is 0 Å². The minimum absolute atomic E-state index is 0.0700. The van der Waals surface area contributed by atoms with Crippen LogP contribution in [0.25, 0.3) is 0 Å². The van der Waals surface area contributed by atoms with E-state index in [2.05, 4.69) is 5.32 Å². The van der Waals surface area contributed by atoms with Gasteiger partial charge in [0.05, 0.1) is 5.92 Å². The minimum Gasteiger partial charge on any atom is -0.481 e. The Morgan fingerprint density at radius 3 is 2.39 bits per heavy atom. The smallest absolute Gasteiger partial charge is 0.308 e. The number of carboxylic acids is 1. The van der Waals surface area contributed by atoms with Crippen molar-refractivity contribution >= 4 is 17.8 Å². The molecule has 2 rings (SSSR count). The van der Waals surface area contributed by atoms with E-state index in [0.717, 1.165) is 12.8 Å². The highest BCUT2D eigenvalue weighted by Crippen LogP contribution is 2.27. The van der Waals surface area contributed by atoms with Gasteiger partial charge in [-0.3, -0.25) is 14.4 Å². The first-order chi connectivity index (χ1) is 10.9. The summed E-state index contributed by atoms with van der Waals surface area (Å²) in [5.41, 5.74) is 0. The summed E-state index contributed by atoms with van der Waals surface area (Å²) in [6, 6.07) is -0.918. The molecule has 0 aromatic carbocycles. The first-order valence-electron chi connectivity index (χ1n) is 8.72. The summed E-state index contributed by atoms with van der Waals surface area (Å²) in [6.45, 7) is 3.89. The Morgan fingerprint density at radius 1 is 1.17 bits per heavy atom. The van der Waals surface area contributed by atoms with Gasteiger partial charge in [0.15, 0.2) is 0 Å². The number of aliphatic carboxylic acids is 1. The molecule has 2 N–H and O–H groups in total. The van der Waals surface area contributed by atoms with Crippen LogP contribution < -0.4 is 5.32 Å². The van der Waals surface area contributed by atoms with Crippen molar-refractivity contribution in [2.24, 2.45) is 11.8 Å². The highest BCUT2D eigenvalue weighted by atomic mass is 16.4. The van der Waals surface area contributed by atoms with Gasteiger partial charge in [0.2, 0.25) is 11.8 Å². The first-order valence-corrected chi connectivity index (χ1v) is 8.72. The van der Waals surface area contributed by atoms with Crippen molar-refractivity contribution in [1.29, 1.82) is 0 Å². The van der Waals surface area contributed by atoms with Gasteiger partial charge in [-0.2, -0.15) is 0 Å². The number of likely N-dealkylation sites (tertiary alicyclic amines) is 1. The zero-order chi connectivity index (χ0) is 17.0. The van der Waals surface area contributed by atoms with E-state index in [4.69, 9.17) is 5.11 Å². The Kier molecular flexibility index (Phi) is 6.02. The predicted octanol–water partition coefficient (Wildman–Crippen LogP) is 1.78. The molecule has 6 heteroatoms. The number of hydrogen-bond donors (Lipinski definition) is 2. The number of carbonyl (C=O) groups excluding carboxylic acids is 2. The van der Waals surface area contributed by atoms with Crippen molar-refractivity contribution in [3.63, 3.8) is 0 Å². The molecular formula is C17H28N2O4. The van der Waals surface area contributed by atoms with Crippen LogP contribution in [0.2, 0.25) is 0 Å². The van der Waals surface area contributed by atoms with Gasteiger partial charge in [-0.15, -0.1) is 0 Å². The van der Waals surface area contributed by atoms with Gasteiger partial charge in [-0.25, -0.2) is 0 Å². The van der Waals surface area contributed by atoms with Gasteiger partial charge >= 0.3 is 5.97 Å². The molecule has 1 saturated carbocycles. The Hall–Kier alpha value is -1.59. The van der Waals surface area contributed by atoms with Crippen molar-refractivity contribution in [1.82, 2.24) is 10.2 Å². The molecule has 6 nitrogen and oxygen atoms in total. The Bertz CT molecular complexity index is 460. The third kappa shape index (κ3) is 4.45. The predicted molar refractivity (Wildman–Crippen MR) is 85.7 cm³/mol. The Balaban J connectivity index is 1.82.